The third-order valence-electron chi connectivity index (χ3n) is 3.06. The second-order valence-electron chi connectivity index (χ2n) is 4.33. The predicted molar refractivity (Wildman–Crippen MR) is 68.6 cm³/mol. The van der Waals surface area contributed by atoms with E-state index in [1.54, 1.807) is 11.2 Å². The van der Waals surface area contributed by atoms with E-state index in [4.69, 9.17) is 0 Å². The van der Waals surface area contributed by atoms with Crippen LogP contribution >= 0.6 is 15.9 Å². The monoisotopic (exact) mass is 321 g/mol. The quantitative estimate of drug-likeness (QED) is 0.855. The van der Waals surface area contributed by atoms with E-state index in [-0.39, 0.29) is 5.03 Å². The lowest BCUT2D eigenvalue weighted by molar-refractivity contribution is 0.452. The minimum Gasteiger partial charge on any atom is -0.332 e. The highest BCUT2D eigenvalue weighted by Crippen LogP contribution is 2.25. The maximum atomic E-state index is 12.2. The lowest BCUT2D eigenvalue weighted by Crippen LogP contribution is -2.29. The van der Waals surface area contributed by atoms with Crippen molar-refractivity contribution >= 4 is 26.0 Å². The van der Waals surface area contributed by atoms with Gasteiger partial charge in [0.1, 0.15) is 5.82 Å². The third kappa shape index (κ3) is 2.71. The van der Waals surface area contributed by atoms with Gasteiger partial charge in [-0.3, -0.25) is 0 Å². The van der Waals surface area contributed by atoms with E-state index in [1.807, 2.05) is 0 Å². The molecule has 1 aliphatic rings. The van der Waals surface area contributed by atoms with Gasteiger partial charge in [0.25, 0.3) is 10.0 Å². The second-order valence-corrected chi connectivity index (χ2v) is 7.03. The average Bonchev–Trinajstić information content (AvgIpc) is 2.88. The summed E-state index contributed by atoms with van der Waals surface area (Å²) in [7, 11) is -3.37. The molecule has 0 saturated carbocycles. The molecule has 1 unspecified atom stereocenters. The fourth-order valence-electron chi connectivity index (χ4n) is 2.07. The number of aromatic amines is 1. The lowest BCUT2D eigenvalue weighted by Gasteiger charge is -2.14. The van der Waals surface area contributed by atoms with Gasteiger partial charge < -0.3 is 4.98 Å². The van der Waals surface area contributed by atoms with Gasteiger partial charge in [0, 0.05) is 18.4 Å². The molecule has 0 aliphatic carbocycles. The number of hydrogen-bond donors (Lipinski definition) is 1. The maximum absolute atomic E-state index is 12.2. The van der Waals surface area contributed by atoms with Crippen molar-refractivity contribution in [2.24, 2.45) is 5.92 Å². The maximum Gasteiger partial charge on any atom is 0.260 e. The highest BCUT2D eigenvalue weighted by Gasteiger charge is 2.33. The van der Waals surface area contributed by atoms with Gasteiger partial charge in [0.05, 0.1) is 6.20 Å². The van der Waals surface area contributed by atoms with Crippen LogP contribution in [0.15, 0.2) is 11.2 Å². The first-order valence-electron chi connectivity index (χ1n) is 5.61. The minimum atomic E-state index is -3.37. The van der Waals surface area contributed by atoms with Crippen molar-refractivity contribution in [3.8, 4) is 0 Å². The molecule has 1 fully saturated rings. The van der Waals surface area contributed by atoms with Gasteiger partial charge in [-0.25, -0.2) is 13.4 Å². The largest absolute Gasteiger partial charge is 0.332 e. The first-order chi connectivity index (χ1) is 8.04. The van der Waals surface area contributed by atoms with Crippen molar-refractivity contribution in [3.05, 3.63) is 12.0 Å². The normalized spacial score (nSPS) is 22.1. The zero-order valence-electron chi connectivity index (χ0n) is 9.69. The van der Waals surface area contributed by atoms with E-state index in [9.17, 15) is 8.42 Å². The molecule has 1 N–H and O–H groups in total. The van der Waals surface area contributed by atoms with Crippen LogP contribution in [0.25, 0.3) is 0 Å². The summed E-state index contributed by atoms with van der Waals surface area (Å²) in [5.41, 5.74) is 0. The van der Waals surface area contributed by atoms with E-state index < -0.39 is 10.0 Å². The van der Waals surface area contributed by atoms with Gasteiger partial charge in [-0.2, -0.15) is 4.31 Å². The highest BCUT2D eigenvalue weighted by atomic mass is 79.9. The van der Waals surface area contributed by atoms with Gasteiger partial charge in [0.2, 0.25) is 0 Å². The standard InChI is InChI=1S/C10H16BrN3O2S/c1-8-12-6-10(13-8)17(15,16)14-5-3-9(7-14)2-4-11/h6,9H,2-5,7H2,1H3,(H,12,13). The van der Waals surface area contributed by atoms with Crippen LogP contribution in [0.4, 0.5) is 0 Å². The predicted octanol–water partition coefficient (Wildman–Crippen LogP) is 1.51. The van der Waals surface area contributed by atoms with Crippen LogP contribution in [0.3, 0.4) is 0 Å². The molecule has 96 valence electrons. The van der Waals surface area contributed by atoms with Crippen LogP contribution in [0.5, 0.6) is 0 Å². The summed E-state index contributed by atoms with van der Waals surface area (Å²) in [5.74, 6) is 1.09. The molecule has 0 radical (unpaired) electrons. The Kier molecular flexibility index (Phi) is 3.89. The van der Waals surface area contributed by atoms with Gasteiger partial charge in [0.15, 0.2) is 5.03 Å². The molecule has 1 saturated heterocycles. The number of nitrogens with one attached hydrogen (secondary N) is 1. The van der Waals surface area contributed by atoms with Crippen LogP contribution in [-0.4, -0.2) is 41.1 Å². The zero-order chi connectivity index (χ0) is 12.5. The van der Waals surface area contributed by atoms with E-state index >= 15 is 0 Å². The fourth-order valence-corrected chi connectivity index (χ4v) is 4.21. The van der Waals surface area contributed by atoms with Crippen molar-refractivity contribution in [3.63, 3.8) is 0 Å². The Morgan fingerprint density at radius 1 is 1.65 bits per heavy atom. The molecule has 7 heteroatoms. The van der Waals surface area contributed by atoms with Crippen molar-refractivity contribution in [2.75, 3.05) is 18.4 Å². The van der Waals surface area contributed by atoms with Crippen LogP contribution in [-0.2, 0) is 10.0 Å². The van der Waals surface area contributed by atoms with E-state index in [0.29, 0.717) is 24.8 Å². The van der Waals surface area contributed by atoms with Gasteiger partial charge in [-0.05, 0) is 25.7 Å². The smallest absolute Gasteiger partial charge is 0.260 e. The number of nitrogens with zero attached hydrogens (tertiary/aromatic N) is 2. The first kappa shape index (κ1) is 13.0. The summed E-state index contributed by atoms with van der Waals surface area (Å²) in [5, 5.41) is 1.13. The topological polar surface area (TPSA) is 66.1 Å². The Morgan fingerprint density at radius 2 is 2.41 bits per heavy atom. The molecule has 0 amide bonds. The number of H-pyrrole nitrogens is 1. The number of sulfonamides is 1. The molecule has 0 aromatic carbocycles. The van der Waals surface area contributed by atoms with Crippen LogP contribution in [0, 0.1) is 12.8 Å². The van der Waals surface area contributed by atoms with Crippen molar-refractivity contribution < 1.29 is 8.42 Å². The number of hydrogen-bond acceptors (Lipinski definition) is 3. The van der Waals surface area contributed by atoms with E-state index in [1.165, 1.54) is 6.20 Å². The zero-order valence-corrected chi connectivity index (χ0v) is 12.1. The summed E-state index contributed by atoms with van der Waals surface area (Å²) >= 11 is 3.39. The number of halogens is 1. The molecular formula is C10H16BrN3O2S. The number of aryl methyl sites for hydroxylation is 1. The molecule has 1 aromatic heterocycles. The average molecular weight is 322 g/mol. The SMILES string of the molecule is Cc1ncc(S(=O)(=O)N2CCC(CCBr)C2)[nH]1. The Balaban J connectivity index is 2.13. The summed E-state index contributed by atoms with van der Waals surface area (Å²) in [6, 6.07) is 0. The number of alkyl halides is 1. The lowest BCUT2D eigenvalue weighted by atomic mass is 10.1. The van der Waals surface area contributed by atoms with Crippen molar-refractivity contribution in [1.29, 1.82) is 0 Å². The molecule has 2 heterocycles. The molecule has 2 rings (SSSR count). The minimum absolute atomic E-state index is 0.203. The summed E-state index contributed by atoms with van der Waals surface area (Å²) in [6.45, 7) is 2.97. The molecular weight excluding hydrogens is 306 g/mol. The Morgan fingerprint density at radius 3 is 3.00 bits per heavy atom. The molecule has 0 spiro atoms. The van der Waals surface area contributed by atoms with Crippen LogP contribution in [0.2, 0.25) is 0 Å². The summed E-state index contributed by atoms with van der Waals surface area (Å²) in [4.78, 5) is 6.73. The Hall–Kier alpha value is -0.400. The highest BCUT2D eigenvalue weighted by molar-refractivity contribution is 9.09. The van der Waals surface area contributed by atoms with Gasteiger partial charge >= 0.3 is 0 Å². The van der Waals surface area contributed by atoms with Crippen molar-refractivity contribution in [1.82, 2.24) is 14.3 Å². The Labute approximate surface area is 110 Å². The number of aromatic nitrogens is 2. The molecule has 0 bridgehead atoms. The number of rotatable bonds is 4. The Bertz CT molecular complexity index is 485. The second kappa shape index (κ2) is 5.07. The van der Waals surface area contributed by atoms with Gasteiger partial charge in [-0.15, -0.1) is 0 Å². The molecule has 1 aromatic rings. The van der Waals surface area contributed by atoms with E-state index in [0.717, 1.165) is 18.2 Å². The third-order valence-corrected chi connectivity index (χ3v) is 5.30. The van der Waals surface area contributed by atoms with Crippen molar-refractivity contribution in [2.45, 2.75) is 24.8 Å². The fraction of sp³-hybridized carbons (Fsp3) is 0.700. The van der Waals surface area contributed by atoms with Crippen LogP contribution in [0.1, 0.15) is 18.7 Å². The van der Waals surface area contributed by atoms with E-state index in [2.05, 4.69) is 25.9 Å². The molecule has 1 aliphatic heterocycles. The first-order valence-corrected chi connectivity index (χ1v) is 8.18. The number of imidazole rings is 1. The molecule has 17 heavy (non-hydrogen) atoms. The summed E-state index contributed by atoms with van der Waals surface area (Å²) in [6.07, 6.45) is 3.36. The molecule has 1 atom stereocenters. The van der Waals surface area contributed by atoms with Crippen LogP contribution < -0.4 is 0 Å². The summed E-state index contributed by atoms with van der Waals surface area (Å²) < 4.78 is 26.0. The van der Waals surface area contributed by atoms with Gasteiger partial charge in [-0.1, -0.05) is 15.9 Å². The molecule has 5 nitrogen and oxygen atoms in total.